The van der Waals surface area contributed by atoms with E-state index >= 15 is 0 Å². The van der Waals surface area contributed by atoms with E-state index in [9.17, 15) is 5.26 Å². The molecular weight excluding hydrogens is 246 g/mol. The third-order valence-corrected chi connectivity index (χ3v) is 4.95. The third-order valence-electron chi connectivity index (χ3n) is 4.95. The number of hydrogen-bond acceptors (Lipinski definition) is 3. The highest BCUT2D eigenvalue weighted by Crippen LogP contribution is 2.36. The molecule has 1 aliphatic carbocycles. The highest BCUT2D eigenvalue weighted by Gasteiger charge is 2.40. The monoisotopic (exact) mass is 277 g/mol. The van der Waals surface area contributed by atoms with E-state index in [0.29, 0.717) is 17.5 Å². The van der Waals surface area contributed by atoms with Crippen molar-refractivity contribution in [3.63, 3.8) is 0 Å². The van der Waals surface area contributed by atoms with Crippen LogP contribution in [0.2, 0.25) is 0 Å². The number of piperidine rings is 1. The maximum Gasteiger partial charge on any atom is 0.108 e. The zero-order chi connectivity index (χ0) is 14.8. The molecule has 0 aromatic rings. The Morgan fingerprint density at radius 1 is 1.25 bits per heavy atom. The van der Waals surface area contributed by atoms with Gasteiger partial charge in [0.05, 0.1) is 6.07 Å². The van der Waals surface area contributed by atoms with Crippen molar-refractivity contribution < 1.29 is 0 Å². The van der Waals surface area contributed by atoms with Crippen LogP contribution in [0.25, 0.3) is 0 Å². The van der Waals surface area contributed by atoms with Crippen molar-refractivity contribution in [2.45, 2.75) is 83.8 Å². The van der Waals surface area contributed by atoms with Crippen LogP contribution in [0.3, 0.4) is 0 Å². The Bertz CT molecular complexity index is 369. The van der Waals surface area contributed by atoms with Gasteiger partial charge in [-0.25, -0.2) is 0 Å². The van der Waals surface area contributed by atoms with Crippen LogP contribution in [-0.2, 0) is 0 Å². The lowest BCUT2D eigenvalue weighted by Crippen LogP contribution is -2.56. The maximum atomic E-state index is 9.68. The van der Waals surface area contributed by atoms with Gasteiger partial charge in [0.2, 0.25) is 0 Å². The van der Waals surface area contributed by atoms with Gasteiger partial charge < -0.3 is 0 Å². The van der Waals surface area contributed by atoms with Crippen molar-refractivity contribution in [1.82, 2.24) is 10.2 Å². The summed E-state index contributed by atoms with van der Waals surface area (Å²) in [5.41, 5.74) is 0.148. The fourth-order valence-electron chi connectivity index (χ4n) is 4.16. The molecule has 1 N–H and O–H groups in total. The molecule has 0 aromatic carbocycles. The second-order valence-corrected chi connectivity index (χ2v) is 7.98. The molecule has 3 heteroatoms. The van der Waals surface area contributed by atoms with Gasteiger partial charge in [0.1, 0.15) is 5.54 Å². The summed E-state index contributed by atoms with van der Waals surface area (Å²) in [5, 5.41) is 13.2. The predicted molar refractivity (Wildman–Crippen MR) is 83.5 cm³/mol. The standard InChI is InChI=1S/C17H31N3/c1-14(2)19-17(12-18)9-5-7-15(11-17)20-10-6-8-16(3,4)13-20/h14-15,19H,5-11,13H2,1-4H3. The predicted octanol–water partition coefficient (Wildman–Crippen LogP) is 3.31. The number of nitrogens with one attached hydrogen (secondary N) is 1. The van der Waals surface area contributed by atoms with E-state index in [1.165, 1.54) is 38.8 Å². The minimum Gasteiger partial charge on any atom is -0.300 e. The van der Waals surface area contributed by atoms with Gasteiger partial charge >= 0.3 is 0 Å². The summed E-state index contributed by atoms with van der Waals surface area (Å²) in [7, 11) is 0. The van der Waals surface area contributed by atoms with Crippen LogP contribution in [0.15, 0.2) is 0 Å². The molecule has 1 aliphatic heterocycles. The average Bonchev–Trinajstić information content (AvgIpc) is 2.37. The average molecular weight is 277 g/mol. The summed E-state index contributed by atoms with van der Waals surface area (Å²) < 4.78 is 0. The van der Waals surface area contributed by atoms with E-state index in [4.69, 9.17) is 0 Å². The SMILES string of the molecule is CC(C)NC1(C#N)CCCC(N2CCCC(C)(C)C2)C1. The fourth-order valence-corrected chi connectivity index (χ4v) is 4.16. The van der Waals surface area contributed by atoms with Gasteiger partial charge in [0.25, 0.3) is 0 Å². The molecule has 0 aromatic heterocycles. The molecule has 0 amide bonds. The van der Waals surface area contributed by atoms with Gasteiger partial charge in [-0.2, -0.15) is 5.26 Å². The zero-order valence-electron chi connectivity index (χ0n) is 13.7. The smallest absolute Gasteiger partial charge is 0.108 e. The van der Waals surface area contributed by atoms with Gasteiger partial charge in [-0.15, -0.1) is 0 Å². The Kier molecular flexibility index (Phi) is 4.76. The molecule has 2 aliphatic rings. The Balaban J connectivity index is 2.04. The highest BCUT2D eigenvalue weighted by atomic mass is 15.2. The first-order valence-corrected chi connectivity index (χ1v) is 8.29. The molecule has 3 nitrogen and oxygen atoms in total. The fraction of sp³-hybridized carbons (Fsp3) is 0.941. The number of nitriles is 1. The van der Waals surface area contributed by atoms with Crippen LogP contribution < -0.4 is 5.32 Å². The normalized spacial score (nSPS) is 34.9. The Morgan fingerprint density at radius 2 is 2.00 bits per heavy atom. The highest BCUT2D eigenvalue weighted by molar-refractivity contribution is 5.12. The summed E-state index contributed by atoms with van der Waals surface area (Å²) in [5.74, 6) is 0. The van der Waals surface area contributed by atoms with Crippen molar-refractivity contribution in [1.29, 1.82) is 5.26 Å². The van der Waals surface area contributed by atoms with Crippen LogP contribution >= 0.6 is 0 Å². The molecule has 1 heterocycles. The summed E-state index contributed by atoms with van der Waals surface area (Å²) >= 11 is 0. The first-order valence-electron chi connectivity index (χ1n) is 8.29. The quantitative estimate of drug-likeness (QED) is 0.860. The number of rotatable bonds is 3. The second-order valence-electron chi connectivity index (χ2n) is 7.98. The van der Waals surface area contributed by atoms with Gasteiger partial charge in [0.15, 0.2) is 0 Å². The van der Waals surface area contributed by atoms with E-state index in [2.05, 4.69) is 44.0 Å². The molecular formula is C17H31N3. The number of likely N-dealkylation sites (tertiary alicyclic amines) is 1. The van der Waals surface area contributed by atoms with Gasteiger partial charge in [0, 0.05) is 18.6 Å². The van der Waals surface area contributed by atoms with Crippen LogP contribution in [0.4, 0.5) is 0 Å². The number of nitrogens with zero attached hydrogens (tertiary/aromatic N) is 2. The molecule has 2 rings (SSSR count). The molecule has 0 radical (unpaired) electrons. The van der Waals surface area contributed by atoms with Crippen LogP contribution in [0, 0.1) is 16.7 Å². The minimum atomic E-state index is -0.293. The van der Waals surface area contributed by atoms with Crippen molar-refractivity contribution in [2.24, 2.45) is 5.41 Å². The van der Waals surface area contributed by atoms with Gasteiger partial charge in [-0.05, 0) is 64.3 Å². The topological polar surface area (TPSA) is 39.1 Å². The van der Waals surface area contributed by atoms with Crippen LogP contribution in [0.5, 0.6) is 0 Å². The Labute approximate surface area is 124 Å². The largest absolute Gasteiger partial charge is 0.300 e. The lowest BCUT2D eigenvalue weighted by atomic mass is 9.76. The molecule has 2 atom stereocenters. The minimum absolute atomic E-state index is 0.293. The van der Waals surface area contributed by atoms with Crippen molar-refractivity contribution in [3.8, 4) is 6.07 Å². The summed E-state index contributed by atoms with van der Waals surface area (Å²) in [6, 6.07) is 3.57. The summed E-state index contributed by atoms with van der Waals surface area (Å²) in [6.07, 6.45) is 7.09. The first-order chi connectivity index (χ1) is 9.36. The number of hydrogen-bond donors (Lipinski definition) is 1. The van der Waals surface area contributed by atoms with E-state index in [1.807, 2.05) is 0 Å². The van der Waals surface area contributed by atoms with Gasteiger partial charge in [-0.1, -0.05) is 13.8 Å². The van der Waals surface area contributed by atoms with E-state index < -0.39 is 0 Å². The van der Waals surface area contributed by atoms with Crippen LogP contribution in [-0.4, -0.2) is 35.6 Å². The summed E-state index contributed by atoms with van der Waals surface area (Å²) in [6.45, 7) is 11.5. The first kappa shape index (κ1) is 15.8. The second kappa shape index (κ2) is 6.03. The Morgan fingerprint density at radius 3 is 2.60 bits per heavy atom. The molecule has 114 valence electrons. The molecule has 0 bridgehead atoms. The zero-order valence-corrected chi connectivity index (χ0v) is 13.7. The molecule has 1 saturated carbocycles. The lowest BCUT2D eigenvalue weighted by molar-refractivity contribution is 0.0453. The van der Waals surface area contributed by atoms with E-state index in [1.54, 1.807) is 0 Å². The molecule has 2 fully saturated rings. The van der Waals surface area contributed by atoms with Crippen molar-refractivity contribution in [2.75, 3.05) is 13.1 Å². The van der Waals surface area contributed by atoms with Crippen molar-refractivity contribution in [3.05, 3.63) is 0 Å². The van der Waals surface area contributed by atoms with Crippen molar-refractivity contribution >= 4 is 0 Å². The van der Waals surface area contributed by atoms with Gasteiger partial charge in [-0.3, -0.25) is 10.2 Å². The molecule has 1 saturated heterocycles. The lowest BCUT2D eigenvalue weighted by Gasteiger charge is -2.47. The maximum absolute atomic E-state index is 9.68. The third kappa shape index (κ3) is 3.74. The van der Waals surface area contributed by atoms with E-state index in [0.717, 1.165) is 12.8 Å². The van der Waals surface area contributed by atoms with Crippen LogP contribution in [0.1, 0.15) is 66.2 Å². The molecule has 0 spiro atoms. The Hall–Kier alpha value is -0.590. The molecule has 20 heavy (non-hydrogen) atoms. The van der Waals surface area contributed by atoms with E-state index in [-0.39, 0.29) is 5.54 Å². The summed E-state index contributed by atoms with van der Waals surface area (Å²) in [4.78, 5) is 2.66. The molecule has 2 unspecified atom stereocenters.